The number of carbonyl (C=O) groups excluding carboxylic acids is 3. The van der Waals surface area contributed by atoms with E-state index >= 15 is 0 Å². The predicted molar refractivity (Wildman–Crippen MR) is 179 cm³/mol. The third kappa shape index (κ3) is 6.53. The molecule has 4 saturated heterocycles. The van der Waals surface area contributed by atoms with Gasteiger partial charge in [-0.05, 0) is 86.5 Å². The second kappa shape index (κ2) is 13.0. The summed E-state index contributed by atoms with van der Waals surface area (Å²) < 4.78 is 29.7. The maximum absolute atomic E-state index is 13.2. The van der Waals surface area contributed by atoms with Crippen LogP contribution in [0.5, 0.6) is 0 Å². The first kappa shape index (κ1) is 31.8. The Morgan fingerprint density at radius 2 is 1.60 bits per heavy atom. The number of imide groups is 1. The van der Waals surface area contributed by atoms with Crippen LogP contribution in [0.15, 0.2) is 47.4 Å². The van der Waals surface area contributed by atoms with Gasteiger partial charge in [-0.15, -0.1) is 0 Å². The highest BCUT2D eigenvalue weighted by Gasteiger charge is 2.31. The molecule has 7 rings (SSSR count). The van der Waals surface area contributed by atoms with Gasteiger partial charge in [0, 0.05) is 76.7 Å². The number of Topliss-reactive ketones (excluding diaryl/α,β-unsaturated/α-hetero) is 1. The molecule has 2 aromatic carbocycles. The molecule has 0 bridgehead atoms. The number of urea groups is 1. The number of nitrogens with one attached hydrogen (secondary N) is 1. The van der Waals surface area contributed by atoms with E-state index in [-0.39, 0.29) is 31.2 Å². The molecule has 0 aliphatic carbocycles. The largest absolute Gasteiger partial charge is 0.371 e. The summed E-state index contributed by atoms with van der Waals surface area (Å²) in [6.45, 7) is 5.88. The van der Waals surface area contributed by atoms with Crippen LogP contribution in [0.4, 0.5) is 16.3 Å². The minimum Gasteiger partial charge on any atom is -0.371 e. The number of anilines is 2. The Morgan fingerprint density at radius 3 is 2.32 bits per heavy atom. The average molecular weight is 662 g/mol. The van der Waals surface area contributed by atoms with Crippen molar-refractivity contribution in [1.29, 1.82) is 0 Å². The van der Waals surface area contributed by atoms with Crippen molar-refractivity contribution in [3.63, 3.8) is 0 Å². The number of ketones is 1. The smallest absolute Gasteiger partial charge is 0.329 e. The molecule has 5 heterocycles. The molecular weight excluding hydrogens is 618 g/mol. The maximum Gasteiger partial charge on any atom is 0.329 e. The molecule has 3 amide bonds. The Morgan fingerprint density at radius 1 is 0.851 bits per heavy atom. The number of sulfonamides is 1. The molecule has 250 valence electrons. The molecule has 0 radical (unpaired) electrons. The summed E-state index contributed by atoms with van der Waals surface area (Å²) in [6.07, 6.45) is 5.19. The first-order valence-electron chi connectivity index (χ1n) is 16.8. The normalized spacial score (nSPS) is 21.5. The molecule has 47 heavy (non-hydrogen) atoms. The average Bonchev–Trinajstić information content (AvgIpc) is 3.40. The number of amides is 3. The number of carbonyl (C=O) groups is 3. The number of aromatic nitrogens is 2. The van der Waals surface area contributed by atoms with Gasteiger partial charge < -0.3 is 9.80 Å². The van der Waals surface area contributed by atoms with Crippen LogP contribution in [0.2, 0.25) is 0 Å². The van der Waals surface area contributed by atoms with Gasteiger partial charge in [0.15, 0.2) is 5.82 Å². The van der Waals surface area contributed by atoms with Gasteiger partial charge >= 0.3 is 6.03 Å². The number of benzene rings is 2. The SMILES string of the molecule is Cn1nc(N2CCC(=O)NC2=O)c2ccc(C3CCN(CC4CCN(c5cccc(S(=O)(=O)N6CCC(=O)CC6)c5)CC4)CC3)cc21. The van der Waals surface area contributed by atoms with Crippen LogP contribution < -0.4 is 15.1 Å². The summed E-state index contributed by atoms with van der Waals surface area (Å²) >= 11 is 0. The van der Waals surface area contributed by atoms with Crippen molar-refractivity contribution in [2.24, 2.45) is 13.0 Å². The molecule has 4 fully saturated rings. The van der Waals surface area contributed by atoms with Gasteiger partial charge in [0.2, 0.25) is 15.9 Å². The lowest BCUT2D eigenvalue weighted by Crippen LogP contribution is -2.49. The maximum atomic E-state index is 13.2. The number of hydrogen-bond acceptors (Lipinski definition) is 8. The fraction of sp³-hybridized carbons (Fsp3) is 0.529. The molecule has 0 unspecified atom stereocenters. The molecule has 0 saturated carbocycles. The topological polar surface area (TPSA) is 128 Å². The lowest BCUT2D eigenvalue weighted by atomic mass is 9.88. The minimum absolute atomic E-state index is 0.127. The Labute approximate surface area is 275 Å². The standard InChI is InChI=1S/C34H43N7O5S/c1-37-31-21-26(5-6-30(31)33(36-37)41-20-13-32(43)35-34(41)44)25-9-14-38(15-10-25)23-24-7-16-39(17-8-24)27-3-2-4-29(22-27)47(45,46)40-18-11-28(42)12-19-40/h2-6,21-22,24-25H,7-20,23H2,1H3,(H,35,43,44). The lowest BCUT2D eigenvalue weighted by molar-refractivity contribution is -0.121. The molecule has 3 aromatic rings. The molecule has 1 aromatic heterocycles. The Kier molecular flexibility index (Phi) is 8.79. The lowest BCUT2D eigenvalue weighted by Gasteiger charge is -2.38. The van der Waals surface area contributed by atoms with E-state index in [9.17, 15) is 22.8 Å². The Balaban J connectivity index is 0.914. The van der Waals surface area contributed by atoms with Crippen LogP contribution in [-0.2, 0) is 26.7 Å². The Hall–Kier alpha value is -3.81. The molecule has 13 heteroatoms. The van der Waals surface area contributed by atoms with Gasteiger partial charge in [0.05, 0.1) is 10.4 Å². The second-order valence-corrected chi connectivity index (χ2v) is 15.4. The molecule has 0 atom stereocenters. The van der Waals surface area contributed by atoms with Crippen molar-refractivity contribution in [3.05, 3.63) is 48.0 Å². The number of aryl methyl sites for hydroxylation is 1. The summed E-state index contributed by atoms with van der Waals surface area (Å²) in [5.74, 6) is 1.56. The first-order chi connectivity index (χ1) is 22.7. The molecule has 12 nitrogen and oxygen atoms in total. The van der Waals surface area contributed by atoms with E-state index < -0.39 is 16.1 Å². The zero-order valence-electron chi connectivity index (χ0n) is 26.9. The molecule has 4 aliphatic rings. The molecule has 1 N–H and O–H groups in total. The van der Waals surface area contributed by atoms with E-state index in [0.29, 0.717) is 41.9 Å². The number of piperidine rings is 3. The fourth-order valence-corrected chi connectivity index (χ4v) is 9.11. The number of rotatable bonds is 7. The van der Waals surface area contributed by atoms with E-state index in [1.54, 1.807) is 17.0 Å². The summed E-state index contributed by atoms with van der Waals surface area (Å²) in [5.41, 5.74) is 3.24. The van der Waals surface area contributed by atoms with E-state index in [2.05, 4.69) is 38.4 Å². The molecule has 0 spiro atoms. The van der Waals surface area contributed by atoms with Gasteiger partial charge in [-0.25, -0.2) is 13.2 Å². The monoisotopic (exact) mass is 661 g/mol. The number of likely N-dealkylation sites (tertiary alicyclic amines) is 1. The van der Waals surface area contributed by atoms with Crippen LogP contribution in [0.1, 0.15) is 56.4 Å². The van der Waals surface area contributed by atoms with Crippen molar-refractivity contribution in [2.45, 2.75) is 55.8 Å². The number of hydrogen-bond donors (Lipinski definition) is 1. The highest BCUT2D eigenvalue weighted by molar-refractivity contribution is 7.89. The zero-order chi connectivity index (χ0) is 32.7. The van der Waals surface area contributed by atoms with Gasteiger partial charge in [0.25, 0.3) is 0 Å². The van der Waals surface area contributed by atoms with Gasteiger partial charge in [-0.1, -0.05) is 12.1 Å². The van der Waals surface area contributed by atoms with Gasteiger partial charge in [-0.3, -0.25) is 24.5 Å². The summed E-state index contributed by atoms with van der Waals surface area (Å²) in [4.78, 5) is 42.4. The van der Waals surface area contributed by atoms with Crippen LogP contribution in [-0.4, -0.2) is 97.5 Å². The van der Waals surface area contributed by atoms with Gasteiger partial charge in [0.1, 0.15) is 5.78 Å². The van der Waals surface area contributed by atoms with E-state index in [0.717, 1.165) is 75.0 Å². The first-order valence-corrected chi connectivity index (χ1v) is 18.3. The fourth-order valence-electron chi connectivity index (χ4n) is 7.63. The predicted octanol–water partition coefficient (Wildman–Crippen LogP) is 3.47. The van der Waals surface area contributed by atoms with Crippen LogP contribution >= 0.6 is 0 Å². The van der Waals surface area contributed by atoms with E-state index in [4.69, 9.17) is 0 Å². The Bertz CT molecular complexity index is 1780. The van der Waals surface area contributed by atoms with Crippen molar-refractivity contribution < 1.29 is 22.8 Å². The second-order valence-electron chi connectivity index (χ2n) is 13.4. The molecular formula is C34H43N7O5S. The third-order valence-electron chi connectivity index (χ3n) is 10.5. The number of nitrogens with zero attached hydrogens (tertiary/aromatic N) is 6. The van der Waals surface area contributed by atoms with Crippen molar-refractivity contribution >= 4 is 50.2 Å². The highest BCUT2D eigenvalue weighted by atomic mass is 32.2. The van der Waals surface area contributed by atoms with Crippen LogP contribution in [0.25, 0.3) is 10.9 Å². The summed E-state index contributed by atoms with van der Waals surface area (Å²) in [6, 6.07) is 13.3. The molecule has 4 aliphatic heterocycles. The summed E-state index contributed by atoms with van der Waals surface area (Å²) in [5, 5.41) is 7.94. The zero-order valence-corrected chi connectivity index (χ0v) is 27.8. The van der Waals surface area contributed by atoms with E-state index in [1.165, 1.54) is 9.87 Å². The highest BCUT2D eigenvalue weighted by Crippen LogP contribution is 2.35. The van der Waals surface area contributed by atoms with Gasteiger partial charge in [-0.2, -0.15) is 9.40 Å². The van der Waals surface area contributed by atoms with Crippen molar-refractivity contribution in [2.75, 3.05) is 62.2 Å². The summed E-state index contributed by atoms with van der Waals surface area (Å²) in [7, 11) is -1.71. The minimum atomic E-state index is -3.60. The van der Waals surface area contributed by atoms with E-state index in [1.807, 2.05) is 23.9 Å². The van der Waals surface area contributed by atoms with Crippen LogP contribution in [0, 0.1) is 5.92 Å². The van der Waals surface area contributed by atoms with Crippen LogP contribution in [0.3, 0.4) is 0 Å². The van der Waals surface area contributed by atoms with Crippen molar-refractivity contribution in [1.82, 2.24) is 24.3 Å². The third-order valence-corrected chi connectivity index (χ3v) is 12.4. The quantitative estimate of drug-likeness (QED) is 0.408. The van der Waals surface area contributed by atoms with Crippen molar-refractivity contribution in [3.8, 4) is 0 Å². The number of fused-ring (bicyclic) bond motifs is 1.